The van der Waals surface area contributed by atoms with Gasteiger partial charge >= 0.3 is 0 Å². The summed E-state index contributed by atoms with van der Waals surface area (Å²) in [5.74, 6) is 1.45. The van der Waals surface area contributed by atoms with Gasteiger partial charge in [0.2, 0.25) is 5.88 Å². The predicted molar refractivity (Wildman–Crippen MR) is 128 cm³/mol. The largest absolute Gasteiger partial charge is 0.493 e. The van der Waals surface area contributed by atoms with E-state index in [1.54, 1.807) is 50.5 Å². The van der Waals surface area contributed by atoms with Crippen molar-refractivity contribution >= 4 is 5.91 Å². The van der Waals surface area contributed by atoms with Gasteiger partial charge in [0.15, 0.2) is 11.5 Å². The molecule has 0 aliphatic rings. The minimum absolute atomic E-state index is 0.236. The molecule has 174 valence electrons. The fourth-order valence-electron chi connectivity index (χ4n) is 3.55. The van der Waals surface area contributed by atoms with E-state index >= 15 is 0 Å². The van der Waals surface area contributed by atoms with Crippen molar-refractivity contribution < 1.29 is 19.0 Å². The number of methoxy groups -OCH3 is 3. The fraction of sp³-hybridized carbons (Fsp3) is 0.192. The number of rotatable bonds is 9. The highest BCUT2D eigenvalue weighted by molar-refractivity contribution is 5.99. The Morgan fingerprint density at radius 1 is 0.912 bits per heavy atom. The molecular weight excluding hydrogens is 432 g/mol. The summed E-state index contributed by atoms with van der Waals surface area (Å²) < 4.78 is 17.7. The van der Waals surface area contributed by atoms with Crippen LogP contribution in [0.25, 0.3) is 11.3 Å². The lowest BCUT2D eigenvalue weighted by atomic mass is 10.1. The normalized spacial score (nSPS) is 10.6. The van der Waals surface area contributed by atoms with E-state index in [0.717, 1.165) is 16.7 Å². The molecule has 8 nitrogen and oxygen atoms in total. The summed E-state index contributed by atoms with van der Waals surface area (Å²) >= 11 is 0. The SMILES string of the molecule is COc1ccc(CNC(=O)c2cn(Cc3ccccc3)nc2-c2ccc(OC)c(OC)c2)cn1. The molecule has 0 atom stereocenters. The van der Waals surface area contributed by atoms with Crippen LogP contribution in [0.3, 0.4) is 0 Å². The van der Waals surface area contributed by atoms with Crippen molar-refractivity contribution in [3.8, 4) is 28.6 Å². The number of carbonyl (C=O) groups is 1. The number of nitrogens with one attached hydrogen (secondary N) is 1. The molecule has 4 aromatic rings. The summed E-state index contributed by atoms with van der Waals surface area (Å²) in [5.41, 5.74) is 3.71. The quantitative estimate of drug-likeness (QED) is 0.409. The number of aromatic nitrogens is 3. The van der Waals surface area contributed by atoms with Gasteiger partial charge in [-0.15, -0.1) is 0 Å². The Morgan fingerprint density at radius 3 is 2.38 bits per heavy atom. The van der Waals surface area contributed by atoms with E-state index in [4.69, 9.17) is 19.3 Å². The van der Waals surface area contributed by atoms with Gasteiger partial charge in [0.25, 0.3) is 5.91 Å². The Balaban J connectivity index is 1.64. The van der Waals surface area contributed by atoms with Crippen LogP contribution in [0.15, 0.2) is 73.1 Å². The average Bonchev–Trinajstić information content (AvgIpc) is 3.31. The van der Waals surface area contributed by atoms with Crippen molar-refractivity contribution in [2.75, 3.05) is 21.3 Å². The molecule has 1 amide bonds. The first kappa shape index (κ1) is 22.8. The molecule has 0 bridgehead atoms. The van der Waals surface area contributed by atoms with Gasteiger partial charge in [-0.05, 0) is 29.3 Å². The summed E-state index contributed by atoms with van der Waals surface area (Å²) in [5, 5.41) is 7.70. The van der Waals surface area contributed by atoms with Gasteiger partial charge in [-0.2, -0.15) is 5.10 Å². The third-order valence-corrected chi connectivity index (χ3v) is 5.31. The monoisotopic (exact) mass is 458 g/mol. The molecule has 0 unspecified atom stereocenters. The number of ether oxygens (including phenoxy) is 3. The third kappa shape index (κ3) is 5.17. The van der Waals surface area contributed by atoms with Crippen molar-refractivity contribution in [1.29, 1.82) is 0 Å². The Hall–Kier alpha value is -4.33. The van der Waals surface area contributed by atoms with E-state index in [0.29, 0.717) is 41.7 Å². The second kappa shape index (κ2) is 10.5. The summed E-state index contributed by atoms with van der Waals surface area (Å²) in [6, 6.07) is 19.1. The van der Waals surface area contributed by atoms with Crippen LogP contribution in [0, 0.1) is 0 Å². The highest BCUT2D eigenvalue weighted by Gasteiger charge is 2.19. The standard InChI is InChI=1S/C26H26N4O4/c1-32-22-11-10-20(13-23(22)33-2)25-21(17-30(29-25)16-18-7-5-4-6-8-18)26(31)28-15-19-9-12-24(34-3)27-14-19/h4-14,17H,15-16H2,1-3H3,(H,28,31). The Bertz CT molecular complexity index is 1250. The molecule has 0 fully saturated rings. The van der Waals surface area contributed by atoms with Crippen LogP contribution < -0.4 is 19.5 Å². The fourth-order valence-corrected chi connectivity index (χ4v) is 3.55. The molecule has 0 aliphatic carbocycles. The zero-order valence-electron chi connectivity index (χ0n) is 19.3. The molecule has 2 aromatic heterocycles. The van der Waals surface area contributed by atoms with E-state index in [-0.39, 0.29) is 5.91 Å². The van der Waals surface area contributed by atoms with Crippen molar-refractivity contribution in [1.82, 2.24) is 20.1 Å². The number of amides is 1. The summed E-state index contributed by atoms with van der Waals surface area (Å²) in [6.45, 7) is 0.863. The zero-order chi connectivity index (χ0) is 23.9. The second-order valence-corrected chi connectivity index (χ2v) is 7.54. The average molecular weight is 459 g/mol. The second-order valence-electron chi connectivity index (χ2n) is 7.54. The van der Waals surface area contributed by atoms with Crippen LogP contribution in [0.4, 0.5) is 0 Å². The number of benzene rings is 2. The summed E-state index contributed by atoms with van der Waals surface area (Å²) in [4.78, 5) is 17.4. The van der Waals surface area contributed by atoms with Crippen LogP contribution in [0.1, 0.15) is 21.5 Å². The highest BCUT2D eigenvalue weighted by Crippen LogP contribution is 2.33. The van der Waals surface area contributed by atoms with Crippen LogP contribution in [0.5, 0.6) is 17.4 Å². The molecule has 4 rings (SSSR count). The highest BCUT2D eigenvalue weighted by atomic mass is 16.5. The van der Waals surface area contributed by atoms with E-state index in [9.17, 15) is 4.79 Å². The van der Waals surface area contributed by atoms with Crippen molar-refractivity contribution in [3.63, 3.8) is 0 Å². The van der Waals surface area contributed by atoms with Crippen LogP contribution in [-0.4, -0.2) is 42.0 Å². The van der Waals surface area contributed by atoms with Crippen molar-refractivity contribution in [2.45, 2.75) is 13.1 Å². The van der Waals surface area contributed by atoms with Crippen LogP contribution >= 0.6 is 0 Å². The first-order chi connectivity index (χ1) is 16.6. The van der Waals surface area contributed by atoms with E-state index in [2.05, 4.69) is 10.3 Å². The zero-order valence-corrected chi connectivity index (χ0v) is 19.3. The first-order valence-electron chi connectivity index (χ1n) is 10.7. The van der Waals surface area contributed by atoms with Gasteiger partial charge < -0.3 is 19.5 Å². The molecule has 1 N–H and O–H groups in total. The Kier molecular flexibility index (Phi) is 7.07. The van der Waals surface area contributed by atoms with Gasteiger partial charge in [-0.3, -0.25) is 9.48 Å². The third-order valence-electron chi connectivity index (χ3n) is 5.31. The maximum atomic E-state index is 13.2. The van der Waals surface area contributed by atoms with E-state index in [1.807, 2.05) is 48.5 Å². The molecule has 2 aromatic carbocycles. The van der Waals surface area contributed by atoms with E-state index in [1.165, 1.54) is 0 Å². The molecule has 0 saturated carbocycles. The molecular formula is C26H26N4O4. The number of carbonyl (C=O) groups excluding carboxylic acids is 1. The molecule has 34 heavy (non-hydrogen) atoms. The molecule has 0 radical (unpaired) electrons. The van der Waals surface area contributed by atoms with Gasteiger partial charge in [0, 0.05) is 30.6 Å². The maximum absolute atomic E-state index is 13.2. The number of nitrogens with zero attached hydrogens (tertiary/aromatic N) is 3. The topological polar surface area (TPSA) is 87.5 Å². The van der Waals surface area contributed by atoms with Gasteiger partial charge in [0.1, 0.15) is 5.69 Å². The Labute approximate surface area is 198 Å². The molecule has 2 heterocycles. The van der Waals surface area contributed by atoms with Gasteiger partial charge in [0.05, 0.1) is 33.4 Å². The molecule has 8 heteroatoms. The lowest BCUT2D eigenvalue weighted by Gasteiger charge is -2.10. The van der Waals surface area contributed by atoms with Crippen LogP contribution in [0.2, 0.25) is 0 Å². The smallest absolute Gasteiger partial charge is 0.255 e. The minimum atomic E-state index is -0.236. The lowest BCUT2D eigenvalue weighted by molar-refractivity contribution is 0.0951. The number of hydrogen-bond acceptors (Lipinski definition) is 6. The molecule has 0 aliphatic heterocycles. The Morgan fingerprint density at radius 2 is 1.71 bits per heavy atom. The number of hydrogen-bond donors (Lipinski definition) is 1. The predicted octanol–water partition coefficient (Wildman–Crippen LogP) is 3.95. The summed E-state index contributed by atoms with van der Waals surface area (Å²) in [6.07, 6.45) is 3.44. The van der Waals surface area contributed by atoms with Gasteiger partial charge in [-0.25, -0.2) is 4.98 Å². The minimum Gasteiger partial charge on any atom is -0.493 e. The van der Waals surface area contributed by atoms with E-state index < -0.39 is 0 Å². The van der Waals surface area contributed by atoms with Crippen molar-refractivity contribution in [3.05, 3.63) is 89.7 Å². The van der Waals surface area contributed by atoms with Gasteiger partial charge in [-0.1, -0.05) is 36.4 Å². The first-order valence-corrected chi connectivity index (χ1v) is 10.7. The molecule has 0 spiro atoms. The molecule has 0 saturated heterocycles. The maximum Gasteiger partial charge on any atom is 0.255 e. The lowest BCUT2D eigenvalue weighted by Crippen LogP contribution is -2.23. The van der Waals surface area contributed by atoms with Crippen molar-refractivity contribution in [2.24, 2.45) is 0 Å². The summed E-state index contributed by atoms with van der Waals surface area (Å²) in [7, 11) is 4.72. The van der Waals surface area contributed by atoms with Crippen LogP contribution in [-0.2, 0) is 13.1 Å². The number of pyridine rings is 1.